The summed E-state index contributed by atoms with van der Waals surface area (Å²) in [5.41, 5.74) is 0.506. The lowest BCUT2D eigenvalue weighted by Crippen LogP contribution is -2.36. The van der Waals surface area contributed by atoms with Crippen LogP contribution in [0.2, 0.25) is 0 Å². The molecule has 1 amide bonds. The number of benzene rings is 1. The predicted molar refractivity (Wildman–Crippen MR) is 98.9 cm³/mol. The molecule has 0 spiro atoms. The third-order valence-corrected chi connectivity index (χ3v) is 4.91. The highest BCUT2D eigenvalue weighted by atomic mass is 16.2. The molecule has 0 aliphatic carbocycles. The van der Waals surface area contributed by atoms with E-state index in [0.717, 1.165) is 23.8 Å². The Hall–Kier alpha value is -3.09. The lowest BCUT2D eigenvalue weighted by Gasteiger charge is -2.26. The van der Waals surface area contributed by atoms with E-state index < -0.39 is 11.2 Å². The summed E-state index contributed by atoms with van der Waals surface area (Å²) in [6.45, 7) is 1.42. The van der Waals surface area contributed by atoms with Crippen molar-refractivity contribution in [2.24, 2.45) is 7.05 Å². The van der Waals surface area contributed by atoms with Crippen LogP contribution in [-0.4, -0.2) is 38.0 Å². The molecule has 1 aliphatic rings. The van der Waals surface area contributed by atoms with Crippen LogP contribution in [0.15, 0.2) is 46.1 Å². The van der Waals surface area contributed by atoms with Crippen LogP contribution in [0.3, 0.4) is 0 Å². The second-order valence-corrected chi connectivity index (χ2v) is 6.64. The Morgan fingerprint density at radius 1 is 1.04 bits per heavy atom. The van der Waals surface area contributed by atoms with Crippen LogP contribution in [0.4, 0.5) is 0 Å². The number of aromatic amines is 1. The molecule has 26 heavy (non-hydrogen) atoms. The maximum atomic E-state index is 13.0. The minimum atomic E-state index is -0.549. The topological polar surface area (TPSA) is 80.1 Å². The fourth-order valence-electron chi connectivity index (χ4n) is 3.61. The average molecular weight is 352 g/mol. The summed E-state index contributed by atoms with van der Waals surface area (Å²) in [4.78, 5) is 43.0. The molecule has 1 fully saturated rings. The molecule has 0 bridgehead atoms. The minimum absolute atomic E-state index is 0.136. The van der Waals surface area contributed by atoms with Crippen LogP contribution in [-0.2, 0) is 7.05 Å². The number of aromatic nitrogens is 3. The minimum Gasteiger partial charge on any atom is -0.344 e. The Morgan fingerprint density at radius 3 is 2.42 bits per heavy atom. The number of nitrogens with zero attached hydrogens (tertiary/aromatic N) is 3. The number of carbonyl (C=O) groups is 1. The molecule has 2 aromatic heterocycles. The average Bonchev–Trinajstić information content (AvgIpc) is 2.99. The van der Waals surface area contributed by atoms with E-state index >= 15 is 0 Å². The lowest BCUT2D eigenvalue weighted by molar-refractivity contribution is 0.0726. The van der Waals surface area contributed by atoms with E-state index in [-0.39, 0.29) is 5.91 Å². The van der Waals surface area contributed by atoms with E-state index in [2.05, 4.69) is 4.98 Å². The number of H-pyrrole nitrogens is 1. The van der Waals surface area contributed by atoms with Gasteiger partial charge in [-0.15, -0.1) is 0 Å². The molecule has 0 atom stereocenters. The van der Waals surface area contributed by atoms with Crippen LogP contribution in [0.1, 0.15) is 29.6 Å². The summed E-state index contributed by atoms with van der Waals surface area (Å²) in [6.07, 6.45) is 4.72. The first-order valence-electron chi connectivity index (χ1n) is 8.77. The summed E-state index contributed by atoms with van der Waals surface area (Å²) in [5.74, 6) is -0.136. The molecule has 134 valence electrons. The van der Waals surface area contributed by atoms with Crippen molar-refractivity contribution >= 4 is 16.9 Å². The second kappa shape index (κ2) is 6.33. The smallest absolute Gasteiger partial charge is 0.333 e. The third kappa shape index (κ3) is 2.56. The zero-order valence-electron chi connectivity index (χ0n) is 14.6. The first kappa shape index (κ1) is 16.4. The molecule has 4 rings (SSSR count). The zero-order valence-corrected chi connectivity index (χ0v) is 14.6. The normalized spacial score (nSPS) is 14.7. The molecule has 7 heteroatoms. The van der Waals surface area contributed by atoms with Gasteiger partial charge in [-0.05, 0) is 31.4 Å². The second-order valence-electron chi connectivity index (χ2n) is 6.64. The van der Waals surface area contributed by atoms with Crippen molar-refractivity contribution in [2.75, 3.05) is 13.1 Å². The number of hydrogen-bond acceptors (Lipinski definition) is 3. The van der Waals surface area contributed by atoms with Crippen molar-refractivity contribution < 1.29 is 4.79 Å². The number of likely N-dealkylation sites (tertiary alicyclic amines) is 1. The van der Waals surface area contributed by atoms with Gasteiger partial charge in [-0.2, -0.15) is 0 Å². The lowest BCUT2D eigenvalue weighted by atomic mass is 10.1. The van der Waals surface area contributed by atoms with Gasteiger partial charge in [-0.25, -0.2) is 9.36 Å². The number of fused-ring (bicyclic) bond motifs is 1. The summed E-state index contributed by atoms with van der Waals surface area (Å²) in [5, 5.41) is 0. The standard InChI is InChI=1S/C19H20N4O3/c1-21-12-14(17(24)22-10-6-3-7-11-22)15-16(21)18(25)23(19(26)20-15)13-8-4-2-5-9-13/h2,4-5,8-9,12H,3,6-7,10-11H2,1H3,(H,20,26). The Kier molecular flexibility index (Phi) is 3.99. The van der Waals surface area contributed by atoms with Crippen molar-refractivity contribution in [1.29, 1.82) is 0 Å². The Balaban J connectivity index is 1.90. The monoisotopic (exact) mass is 352 g/mol. The molecular formula is C19H20N4O3. The molecule has 1 aliphatic heterocycles. The highest BCUT2D eigenvalue weighted by Crippen LogP contribution is 2.19. The molecule has 3 heterocycles. The fraction of sp³-hybridized carbons (Fsp3) is 0.316. The number of carbonyl (C=O) groups excluding carboxylic acids is 1. The summed E-state index contributed by atoms with van der Waals surface area (Å²) in [7, 11) is 1.71. The first-order chi connectivity index (χ1) is 12.6. The van der Waals surface area contributed by atoms with E-state index in [1.807, 2.05) is 6.07 Å². The molecule has 1 N–H and O–H groups in total. The Labute approximate surface area is 149 Å². The van der Waals surface area contributed by atoms with Gasteiger partial charge in [-0.1, -0.05) is 18.2 Å². The van der Waals surface area contributed by atoms with E-state index in [1.165, 1.54) is 0 Å². The van der Waals surface area contributed by atoms with Crippen molar-refractivity contribution in [2.45, 2.75) is 19.3 Å². The number of para-hydroxylation sites is 1. The first-order valence-corrected chi connectivity index (χ1v) is 8.77. The summed E-state index contributed by atoms with van der Waals surface area (Å²) in [6, 6.07) is 8.75. The molecule has 3 aromatic rings. The van der Waals surface area contributed by atoms with Crippen LogP contribution in [0, 0.1) is 0 Å². The van der Waals surface area contributed by atoms with E-state index in [4.69, 9.17) is 0 Å². The zero-order chi connectivity index (χ0) is 18.3. The van der Waals surface area contributed by atoms with Gasteiger partial charge in [-0.3, -0.25) is 9.59 Å². The molecule has 1 aromatic carbocycles. The summed E-state index contributed by atoms with van der Waals surface area (Å²) >= 11 is 0. The number of hydrogen-bond donors (Lipinski definition) is 1. The van der Waals surface area contributed by atoms with Crippen molar-refractivity contribution in [3.8, 4) is 5.69 Å². The van der Waals surface area contributed by atoms with E-state index in [0.29, 0.717) is 35.4 Å². The number of amides is 1. The molecular weight excluding hydrogens is 332 g/mol. The largest absolute Gasteiger partial charge is 0.344 e. The van der Waals surface area contributed by atoms with Crippen LogP contribution in [0.25, 0.3) is 16.7 Å². The van der Waals surface area contributed by atoms with E-state index in [9.17, 15) is 14.4 Å². The van der Waals surface area contributed by atoms with Crippen molar-refractivity contribution in [3.63, 3.8) is 0 Å². The molecule has 0 unspecified atom stereocenters. The fourth-order valence-corrected chi connectivity index (χ4v) is 3.61. The number of piperidine rings is 1. The maximum absolute atomic E-state index is 13.0. The van der Waals surface area contributed by atoms with Gasteiger partial charge in [0.15, 0.2) is 0 Å². The highest BCUT2D eigenvalue weighted by molar-refractivity contribution is 6.05. The van der Waals surface area contributed by atoms with Crippen molar-refractivity contribution in [1.82, 2.24) is 19.0 Å². The molecule has 0 saturated carbocycles. The van der Waals surface area contributed by atoms with Gasteiger partial charge < -0.3 is 14.5 Å². The quantitative estimate of drug-likeness (QED) is 0.761. The van der Waals surface area contributed by atoms with Gasteiger partial charge in [0.25, 0.3) is 11.5 Å². The van der Waals surface area contributed by atoms with Gasteiger partial charge in [0, 0.05) is 26.3 Å². The third-order valence-electron chi connectivity index (χ3n) is 4.91. The molecule has 1 saturated heterocycles. The van der Waals surface area contributed by atoms with Gasteiger partial charge in [0.05, 0.1) is 16.8 Å². The van der Waals surface area contributed by atoms with Crippen molar-refractivity contribution in [3.05, 3.63) is 62.9 Å². The number of aryl methyl sites for hydroxylation is 1. The summed E-state index contributed by atoms with van der Waals surface area (Å²) < 4.78 is 2.71. The predicted octanol–water partition coefficient (Wildman–Crippen LogP) is 1.64. The van der Waals surface area contributed by atoms with Gasteiger partial charge >= 0.3 is 5.69 Å². The maximum Gasteiger partial charge on any atom is 0.333 e. The van der Waals surface area contributed by atoms with Crippen LogP contribution in [0.5, 0.6) is 0 Å². The SMILES string of the molecule is Cn1cc(C(=O)N2CCCCC2)c2[nH]c(=O)n(-c3ccccc3)c(=O)c21. The van der Waals surface area contributed by atoms with Crippen LogP contribution < -0.4 is 11.2 Å². The highest BCUT2D eigenvalue weighted by Gasteiger charge is 2.24. The Bertz CT molecular complexity index is 1090. The van der Waals surface area contributed by atoms with E-state index in [1.54, 1.807) is 47.0 Å². The number of rotatable bonds is 2. The van der Waals surface area contributed by atoms with Gasteiger partial charge in [0.2, 0.25) is 0 Å². The number of nitrogens with one attached hydrogen (secondary N) is 1. The van der Waals surface area contributed by atoms with Gasteiger partial charge in [0.1, 0.15) is 5.52 Å². The molecule has 0 radical (unpaired) electrons. The molecule has 7 nitrogen and oxygen atoms in total. The van der Waals surface area contributed by atoms with Crippen LogP contribution >= 0.6 is 0 Å². The Morgan fingerprint density at radius 2 is 1.73 bits per heavy atom.